The highest BCUT2D eigenvalue weighted by Crippen LogP contribution is 2.19. The van der Waals surface area contributed by atoms with Crippen molar-refractivity contribution in [2.45, 2.75) is 13.8 Å². The van der Waals surface area contributed by atoms with Crippen molar-refractivity contribution in [1.29, 1.82) is 0 Å². The molecule has 0 saturated heterocycles. The minimum absolute atomic E-state index is 0.0554. The number of carbonyl (C=O) groups is 1. The van der Waals surface area contributed by atoms with E-state index in [2.05, 4.69) is 24.3 Å². The summed E-state index contributed by atoms with van der Waals surface area (Å²) in [7, 11) is 0. The van der Waals surface area contributed by atoms with Crippen molar-refractivity contribution in [1.82, 2.24) is 0 Å². The molecule has 0 aromatic heterocycles. The summed E-state index contributed by atoms with van der Waals surface area (Å²) in [5.74, 6) is 0.215. The van der Waals surface area contributed by atoms with Crippen LogP contribution in [0.2, 0.25) is 0 Å². The van der Waals surface area contributed by atoms with Crippen LogP contribution in [0.3, 0.4) is 0 Å². The van der Waals surface area contributed by atoms with Gasteiger partial charge in [0.25, 0.3) is 0 Å². The number of allylic oxidation sites excluding steroid dienone is 1. The molecule has 96 valence electrons. The topological polar surface area (TPSA) is 17.1 Å². The molecule has 0 aliphatic rings. The monoisotopic (exact) mass is 250 g/mol. The number of ketones is 1. The largest absolute Gasteiger partial charge is 0.295 e. The Bertz CT molecular complexity index is 562. The third kappa shape index (κ3) is 3.65. The van der Waals surface area contributed by atoms with Gasteiger partial charge in [-0.2, -0.15) is 0 Å². The molecular formula is C18H18O. The van der Waals surface area contributed by atoms with Crippen molar-refractivity contribution in [3.05, 3.63) is 66.2 Å². The minimum atomic E-state index is 0.0554. The second kappa shape index (κ2) is 6.14. The van der Waals surface area contributed by atoms with E-state index < -0.39 is 0 Å². The molecule has 2 rings (SSSR count). The number of hydrogen-bond donors (Lipinski definition) is 0. The summed E-state index contributed by atoms with van der Waals surface area (Å²) in [6.07, 6.45) is 3.53. The van der Waals surface area contributed by atoms with Gasteiger partial charge in [-0.15, -0.1) is 0 Å². The third-order valence-corrected chi connectivity index (χ3v) is 3.03. The van der Waals surface area contributed by atoms with Gasteiger partial charge in [0.2, 0.25) is 0 Å². The van der Waals surface area contributed by atoms with Crippen LogP contribution in [-0.4, -0.2) is 5.78 Å². The third-order valence-electron chi connectivity index (χ3n) is 3.03. The van der Waals surface area contributed by atoms with E-state index in [0.29, 0.717) is 0 Å². The molecular weight excluding hydrogens is 232 g/mol. The van der Waals surface area contributed by atoms with Gasteiger partial charge in [-0.1, -0.05) is 74.5 Å². The first-order chi connectivity index (χ1) is 9.16. The number of benzene rings is 2. The van der Waals surface area contributed by atoms with Crippen molar-refractivity contribution in [3.8, 4) is 11.1 Å². The molecule has 0 saturated carbocycles. The minimum Gasteiger partial charge on any atom is -0.295 e. The smallest absolute Gasteiger partial charge is 0.158 e. The molecule has 0 atom stereocenters. The van der Waals surface area contributed by atoms with Crippen molar-refractivity contribution >= 4 is 11.9 Å². The van der Waals surface area contributed by atoms with Gasteiger partial charge in [-0.3, -0.25) is 4.79 Å². The molecule has 1 nitrogen and oxygen atoms in total. The first-order valence-corrected chi connectivity index (χ1v) is 6.54. The first-order valence-electron chi connectivity index (χ1n) is 6.54. The van der Waals surface area contributed by atoms with Gasteiger partial charge in [-0.25, -0.2) is 0 Å². The zero-order valence-corrected chi connectivity index (χ0v) is 11.3. The molecule has 0 spiro atoms. The van der Waals surface area contributed by atoms with E-state index in [1.54, 1.807) is 6.08 Å². The number of hydrogen-bond acceptors (Lipinski definition) is 1. The summed E-state index contributed by atoms with van der Waals surface area (Å²) >= 11 is 0. The van der Waals surface area contributed by atoms with Gasteiger partial charge in [-0.05, 0) is 22.8 Å². The molecule has 0 heterocycles. The summed E-state index contributed by atoms with van der Waals surface area (Å²) < 4.78 is 0. The zero-order chi connectivity index (χ0) is 13.7. The van der Waals surface area contributed by atoms with E-state index in [1.165, 1.54) is 11.1 Å². The van der Waals surface area contributed by atoms with E-state index in [4.69, 9.17) is 0 Å². The highest BCUT2D eigenvalue weighted by Gasteiger charge is 2.01. The van der Waals surface area contributed by atoms with Crippen LogP contribution in [0, 0.1) is 5.92 Å². The Hall–Kier alpha value is -2.15. The maximum Gasteiger partial charge on any atom is 0.158 e. The molecule has 0 aliphatic heterocycles. The standard InChI is InChI=1S/C18H18O/c1-14(2)18(19)13-10-15-8-11-17(12-9-15)16-6-4-3-5-7-16/h3-14H,1-2H3/b13-10+. The highest BCUT2D eigenvalue weighted by molar-refractivity contribution is 5.94. The second-order valence-corrected chi connectivity index (χ2v) is 4.88. The SMILES string of the molecule is CC(C)C(=O)/C=C/c1ccc(-c2ccccc2)cc1. The summed E-state index contributed by atoms with van der Waals surface area (Å²) in [4.78, 5) is 11.5. The van der Waals surface area contributed by atoms with Gasteiger partial charge in [0.15, 0.2) is 5.78 Å². The zero-order valence-electron chi connectivity index (χ0n) is 11.3. The lowest BCUT2D eigenvalue weighted by molar-refractivity contribution is -0.117. The maximum atomic E-state index is 11.5. The molecule has 0 aliphatic carbocycles. The van der Waals surface area contributed by atoms with Gasteiger partial charge >= 0.3 is 0 Å². The van der Waals surface area contributed by atoms with E-state index in [-0.39, 0.29) is 11.7 Å². The second-order valence-electron chi connectivity index (χ2n) is 4.88. The summed E-state index contributed by atoms with van der Waals surface area (Å²) in [5, 5.41) is 0. The maximum absolute atomic E-state index is 11.5. The predicted octanol–water partition coefficient (Wildman–Crippen LogP) is 4.59. The molecule has 0 amide bonds. The molecule has 19 heavy (non-hydrogen) atoms. The molecule has 0 unspecified atom stereocenters. The molecule has 2 aromatic carbocycles. The van der Waals surface area contributed by atoms with Gasteiger partial charge in [0.1, 0.15) is 0 Å². The molecule has 0 bridgehead atoms. The number of rotatable bonds is 4. The van der Waals surface area contributed by atoms with Crippen LogP contribution in [0.1, 0.15) is 19.4 Å². The summed E-state index contributed by atoms with van der Waals surface area (Å²) in [6.45, 7) is 3.82. The van der Waals surface area contributed by atoms with Gasteiger partial charge in [0, 0.05) is 5.92 Å². The van der Waals surface area contributed by atoms with E-state index >= 15 is 0 Å². The van der Waals surface area contributed by atoms with Crippen LogP contribution >= 0.6 is 0 Å². The average molecular weight is 250 g/mol. The average Bonchev–Trinajstić information content (AvgIpc) is 2.46. The van der Waals surface area contributed by atoms with E-state index in [9.17, 15) is 4.79 Å². The Labute approximate surface area is 114 Å². The lowest BCUT2D eigenvalue weighted by Crippen LogP contribution is -2.01. The van der Waals surface area contributed by atoms with Crippen molar-refractivity contribution in [3.63, 3.8) is 0 Å². The van der Waals surface area contributed by atoms with Crippen molar-refractivity contribution in [2.75, 3.05) is 0 Å². The Kier molecular flexibility index (Phi) is 4.30. The van der Waals surface area contributed by atoms with E-state index in [0.717, 1.165) is 5.56 Å². The Morgan fingerprint density at radius 2 is 1.47 bits per heavy atom. The Balaban J connectivity index is 2.13. The molecule has 1 heteroatoms. The summed E-state index contributed by atoms with van der Waals surface area (Å²) in [6, 6.07) is 18.5. The Morgan fingerprint density at radius 1 is 0.895 bits per heavy atom. The fraction of sp³-hybridized carbons (Fsp3) is 0.167. The van der Waals surface area contributed by atoms with Gasteiger partial charge < -0.3 is 0 Å². The molecule has 0 fully saturated rings. The first kappa shape index (κ1) is 13.3. The highest BCUT2D eigenvalue weighted by atomic mass is 16.1. The van der Waals surface area contributed by atoms with Crippen LogP contribution in [0.4, 0.5) is 0 Å². The molecule has 0 N–H and O–H groups in total. The van der Waals surface area contributed by atoms with Crippen LogP contribution in [0.15, 0.2) is 60.7 Å². The van der Waals surface area contributed by atoms with Crippen molar-refractivity contribution < 1.29 is 4.79 Å². The fourth-order valence-electron chi connectivity index (χ4n) is 1.79. The lowest BCUT2D eigenvalue weighted by Gasteiger charge is -2.02. The summed E-state index contributed by atoms with van der Waals surface area (Å²) in [5.41, 5.74) is 3.44. The van der Waals surface area contributed by atoms with Crippen LogP contribution in [0.25, 0.3) is 17.2 Å². The number of carbonyl (C=O) groups excluding carboxylic acids is 1. The van der Waals surface area contributed by atoms with Crippen molar-refractivity contribution in [2.24, 2.45) is 5.92 Å². The lowest BCUT2D eigenvalue weighted by atomic mass is 10.0. The normalized spacial score (nSPS) is 11.1. The van der Waals surface area contributed by atoms with Crippen LogP contribution < -0.4 is 0 Å². The molecule has 2 aromatic rings. The fourth-order valence-corrected chi connectivity index (χ4v) is 1.79. The van der Waals surface area contributed by atoms with E-state index in [1.807, 2.05) is 50.3 Å². The Morgan fingerprint density at radius 3 is 2.05 bits per heavy atom. The quantitative estimate of drug-likeness (QED) is 0.725. The van der Waals surface area contributed by atoms with Crippen LogP contribution in [-0.2, 0) is 4.79 Å². The molecule has 0 radical (unpaired) electrons. The predicted molar refractivity (Wildman–Crippen MR) is 80.8 cm³/mol. The van der Waals surface area contributed by atoms with Gasteiger partial charge in [0.05, 0.1) is 0 Å². The van der Waals surface area contributed by atoms with Crippen LogP contribution in [0.5, 0.6) is 0 Å².